The molecule has 1 N–H and O–H groups in total. The predicted octanol–water partition coefficient (Wildman–Crippen LogP) is 4.45. The van der Waals surface area contributed by atoms with Crippen LogP contribution in [0.3, 0.4) is 0 Å². The van der Waals surface area contributed by atoms with Crippen LogP contribution in [-0.4, -0.2) is 19.1 Å². The summed E-state index contributed by atoms with van der Waals surface area (Å²) < 4.78 is 5.83. The van der Waals surface area contributed by atoms with E-state index < -0.39 is 0 Å². The zero-order valence-corrected chi connectivity index (χ0v) is 14.5. The predicted molar refractivity (Wildman–Crippen MR) is 94.4 cm³/mol. The van der Waals surface area contributed by atoms with E-state index in [0.717, 1.165) is 11.3 Å². The molecule has 0 aliphatic heterocycles. The number of ether oxygens (including phenoxy) is 1. The first-order valence-corrected chi connectivity index (χ1v) is 8.02. The lowest BCUT2D eigenvalue weighted by atomic mass is 9.86. The average Bonchev–Trinajstić information content (AvgIpc) is 2.51. The van der Waals surface area contributed by atoms with Crippen molar-refractivity contribution in [3.63, 3.8) is 0 Å². The molecule has 0 aliphatic rings. The summed E-state index contributed by atoms with van der Waals surface area (Å²) >= 11 is 6.01. The molecule has 23 heavy (non-hydrogen) atoms. The third-order valence-corrected chi connectivity index (χ3v) is 3.79. The number of carbonyl (C=O) groups is 1. The average molecular weight is 332 g/mol. The van der Waals surface area contributed by atoms with Crippen LogP contribution in [0.4, 0.5) is 0 Å². The molecule has 0 radical (unpaired) electrons. The zero-order valence-electron chi connectivity index (χ0n) is 13.7. The van der Waals surface area contributed by atoms with Crippen LogP contribution in [0.25, 0.3) is 0 Å². The van der Waals surface area contributed by atoms with Crippen LogP contribution < -0.4 is 10.1 Å². The topological polar surface area (TPSA) is 38.3 Å². The Hall–Kier alpha value is -2.00. The van der Waals surface area contributed by atoms with Crippen LogP contribution in [0.1, 0.15) is 36.7 Å². The fourth-order valence-corrected chi connectivity index (χ4v) is 2.50. The molecule has 0 atom stereocenters. The van der Waals surface area contributed by atoms with Crippen molar-refractivity contribution in [2.24, 2.45) is 0 Å². The number of para-hydroxylation sites is 1. The summed E-state index contributed by atoms with van der Waals surface area (Å²) in [7, 11) is 0. The number of benzene rings is 2. The summed E-state index contributed by atoms with van der Waals surface area (Å²) in [6, 6.07) is 15.0. The van der Waals surface area contributed by atoms with E-state index >= 15 is 0 Å². The van der Waals surface area contributed by atoms with Crippen LogP contribution in [0.2, 0.25) is 5.02 Å². The van der Waals surface area contributed by atoms with Crippen LogP contribution >= 0.6 is 11.6 Å². The summed E-state index contributed by atoms with van der Waals surface area (Å²) in [6.07, 6.45) is 0. The van der Waals surface area contributed by atoms with Gasteiger partial charge in [0.05, 0.1) is 17.1 Å². The van der Waals surface area contributed by atoms with Gasteiger partial charge < -0.3 is 10.1 Å². The lowest BCUT2D eigenvalue weighted by molar-refractivity contribution is 0.0947. The standard InChI is InChI=1S/C19H22ClNO2/c1-19(2,3)15-9-5-7-11-17(15)23-13-12-21-18(22)14-8-4-6-10-16(14)20/h4-11H,12-13H2,1-3H3,(H,21,22). The van der Waals surface area contributed by atoms with Crippen LogP contribution in [-0.2, 0) is 5.41 Å². The lowest BCUT2D eigenvalue weighted by Crippen LogP contribution is -2.28. The normalized spacial score (nSPS) is 11.1. The maximum Gasteiger partial charge on any atom is 0.252 e. The Bertz CT molecular complexity index is 677. The second-order valence-corrected chi connectivity index (χ2v) is 6.74. The highest BCUT2D eigenvalue weighted by molar-refractivity contribution is 6.33. The molecule has 0 bridgehead atoms. The number of carbonyl (C=O) groups excluding carboxylic acids is 1. The summed E-state index contributed by atoms with van der Waals surface area (Å²) in [5.41, 5.74) is 1.64. The smallest absolute Gasteiger partial charge is 0.252 e. The molecule has 2 aromatic rings. The van der Waals surface area contributed by atoms with Crippen molar-refractivity contribution in [2.45, 2.75) is 26.2 Å². The van der Waals surface area contributed by atoms with Crippen LogP contribution in [0, 0.1) is 0 Å². The van der Waals surface area contributed by atoms with Gasteiger partial charge in [0, 0.05) is 0 Å². The summed E-state index contributed by atoms with van der Waals surface area (Å²) in [5, 5.41) is 3.27. The SMILES string of the molecule is CC(C)(C)c1ccccc1OCCNC(=O)c1ccccc1Cl. The number of nitrogens with one attached hydrogen (secondary N) is 1. The Morgan fingerprint density at radius 3 is 2.43 bits per heavy atom. The molecule has 0 heterocycles. The highest BCUT2D eigenvalue weighted by Gasteiger charge is 2.18. The summed E-state index contributed by atoms with van der Waals surface area (Å²) in [6.45, 7) is 7.27. The Morgan fingerprint density at radius 1 is 1.09 bits per heavy atom. The van der Waals surface area contributed by atoms with Gasteiger partial charge >= 0.3 is 0 Å². The second kappa shape index (κ2) is 7.51. The van der Waals surface area contributed by atoms with Crippen molar-refractivity contribution in [1.29, 1.82) is 0 Å². The van der Waals surface area contributed by atoms with Gasteiger partial charge in [-0.05, 0) is 29.2 Å². The van der Waals surface area contributed by atoms with Gasteiger partial charge in [-0.25, -0.2) is 0 Å². The Kier molecular flexibility index (Phi) is 5.67. The number of hydrogen-bond donors (Lipinski definition) is 1. The largest absolute Gasteiger partial charge is 0.491 e. The first-order chi connectivity index (χ1) is 10.9. The van der Waals surface area contributed by atoms with Crippen molar-refractivity contribution in [2.75, 3.05) is 13.2 Å². The Labute approximate surface area is 142 Å². The Morgan fingerprint density at radius 2 is 1.74 bits per heavy atom. The second-order valence-electron chi connectivity index (χ2n) is 6.33. The molecule has 2 aromatic carbocycles. The van der Waals surface area contributed by atoms with E-state index in [2.05, 4.69) is 32.2 Å². The van der Waals surface area contributed by atoms with Crippen molar-refractivity contribution in [3.8, 4) is 5.75 Å². The molecule has 3 nitrogen and oxygen atoms in total. The third kappa shape index (κ3) is 4.73. The number of rotatable bonds is 5. The van der Waals surface area contributed by atoms with Gasteiger partial charge in [0.25, 0.3) is 5.91 Å². The van der Waals surface area contributed by atoms with Gasteiger partial charge in [-0.2, -0.15) is 0 Å². The van der Waals surface area contributed by atoms with Gasteiger partial charge in [-0.1, -0.05) is 62.7 Å². The van der Waals surface area contributed by atoms with Crippen molar-refractivity contribution >= 4 is 17.5 Å². The zero-order chi connectivity index (χ0) is 16.9. The van der Waals surface area contributed by atoms with E-state index in [4.69, 9.17) is 16.3 Å². The molecule has 1 amide bonds. The van der Waals surface area contributed by atoms with E-state index in [1.165, 1.54) is 0 Å². The molecule has 4 heteroatoms. The van der Waals surface area contributed by atoms with E-state index in [1.807, 2.05) is 18.2 Å². The number of amides is 1. The minimum atomic E-state index is -0.191. The fraction of sp³-hybridized carbons (Fsp3) is 0.316. The van der Waals surface area contributed by atoms with Crippen molar-refractivity contribution in [3.05, 3.63) is 64.7 Å². The summed E-state index contributed by atoms with van der Waals surface area (Å²) in [4.78, 5) is 12.1. The van der Waals surface area contributed by atoms with Crippen LogP contribution in [0.15, 0.2) is 48.5 Å². The van der Waals surface area contributed by atoms with E-state index in [0.29, 0.717) is 23.7 Å². The third-order valence-electron chi connectivity index (χ3n) is 3.46. The number of halogens is 1. The molecule has 0 aliphatic carbocycles. The molecular formula is C19H22ClNO2. The quantitative estimate of drug-likeness (QED) is 0.822. The molecule has 2 rings (SSSR count). The minimum absolute atomic E-state index is 0.0113. The molecule has 0 aromatic heterocycles. The maximum atomic E-state index is 12.1. The maximum absolute atomic E-state index is 12.1. The minimum Gasteiger partial charge on any atom is -0.491 e. The summed E-state index contributed by atoms with van der Waals surface area (Å²) in [5.74, 6) is 0.662. The fourth-order valence-electron chi connectivity index (χ4n) is 2.28. The lowest BCUT2D eigenvalue weighted by Gasteiger charge is -2.22. The molecule has 0 saturated heterocycles. The van der Waals surface area contributed by atoms with Crippen LogP contribution in [0.5, 0.6) is 5.75 Å². The molecular weight excluding hydrogens is 310 g/mol. The van der Waals surface area contributed by atoms with E-state index in [1.54, 1.807) is 24.3 Å². The molecule has 122 valence electrons. The molecule has 0 saturated carbocycles. The van der Waals surface area contributed by atoms with Gasteiger partial charge in [-0.3, -0.25) is 4.79 Å². The Balaban J connectivity index is 1.89. The van der Waals surface area contributed by atoms with Crippen molar-refractivity contribution in [1.82, 2.24) is 5.32 Å². The molecule has 0 unspecified atom stereocenters. The van der Waals surface area contributed by atoms with Gasteiger partial charge in [0.1, 0.15) is 12.4 Å². The molecule has 0 fully saturated rings. The monoisotopic (exact) mass is 331 g/mol. The van der Waals surface area contributed by atoms with Crippen molar-refractivity contribution < 1.29 is 9.53 Å². The van der Waals surface area contributed by atoms with E-state index in [9.17, 15) is 4.79 Å². The highest BCUT2D eigenvalue weighted by Crippen LogP contribution is 2.30. The highest BCUT2D eigenvalue weighted by atomic mass is 35.5. The van der Waals surface area contributed by atoms with Gasteiger partial charge in [-0.15, -0.1) is 0 Å². The first kappa shape index (κ1) is 17.4. The van der Waals surface area contributed by atoms with Gasteiger partial charge in [0.15, 0.2) is 0 Å². The number of hydrogen-bond acceptors (Lipinski definition) is 2. The van der Waals surface area contributed by atoms with Gasteiger partial charge in [0.2, 0.25) is 0 Å². The molecule has 0 spiro atoms. The van der Waals surface area contributed by atoms with E-state index in [-0.39, 0.29) is 11.3 Å². The first-order valence-electron chi connectivity index (χ1n) is 7.64.